The number of piperidine rings is 1. The molecule has 0 aromatic carbocycles. The predicted molar refractivity (Wildman–Crippen MR) is 104 cm³/mol. The fourth-order valence-electron chi connectivity index (χ4n) is 4.24. The summed E-state index contributed by atoms with van der Waals surface area (Å²) in [5.41, 5.74) is 3.29. The Bertz CT molecular complexity index is 716. The molecular weight excluding hydrogens is 326 g/mol. The molecule has 3 unspecified atom stereocenters. The van der Waals surface area contributed by atoms with Crippen LogP contribution in [-0.4, -0.2) is 42.2 Å². The second-order valence-corrected chi connectivity index (χ2v) is 7.83. The summed E-state index contributed by atoms with van der Waals surface area (Å²) in [6, 6.07) is 4.36. The molecule has 5 nitrogen and oxygen atoms in total. The summed E-state index contributed by atoms with van der Waals surface area (Å²) in [4.78, 5) is 14.7. The van der Waals surface area contributed by atoms with Gasteiger partial charge in [-0.2, -0.15) is 5.26 Å². The van der Waals surface area contributed by atoms with Crippen molar-refractivity contribution in [2.75, 3.05) is 26.8 Å². The van der Waals surface area contributed by atoms with Crippen molar-refractivity contribution in [2.45, 2.75) is 47.1 Å². The van der Waals surface area contributed by atoms with Crippen molar-refractivity contribution >= 4 is 12.0 Å². The number of likely N-dealkylation sites (tertiary alicyclic amines) is 1. The molecule has 1 aromatic heterocycles. The number of amides is 1. The van der Waals surface area contributed by atoms with Crippen molar-refractivity contribution in [3.63, 3.8) is 0 Å². The molecule has 0 saturated carbocycles. The number of hydrogen-bond acceptors (Lipinski definition) is 3. The quantitative estimate of drug-likeness (QED) is 0.596. The van der Waals surface area contributed by atoms with Gasteiger partial charge in [0, 0.05) is 31.6 Å². The summed E-state index contributed by atoms with van der Waals surface area (Å²) in [7, 11) is 1.69. The lowest BCUT2D eigenvalue weighted by Gasteiger charge is -2.34. The lowest BCUT2D eigenvalue weighted by molar-refractivity contribution is -0.129. The number of nitrogens with zero attached hydrogens (tertiary/aromatic N) is 3. The number of nitriles is 1. The van der Waals surface area contributed by atoms with Gasteiger partial charge in [0.2, 0.25) is 0 Å². The summed E-state index contributed by atoms with van der Waals surface area (Å²) in [5.74, 6) is 0.797. The number of carbonyl (C=O) groups excluding carboxylic acids is 1. The predicted octanol–water partition coefficient (Wildman–Crippen LogP) is 3.72. The Morgan fingerprint density at radius 3 is 2.54 bits per heavy atom. The number of rotatable bonds is 5. The van der Waals surface area contributed by atoms with Gasteiger partial charge in [-0.1, -0.05) is 13.8 Å². The molecule has 0 aliphatic carbocycles. The Labute approximate surface area is 157 Å². The topological polar surface area (TPSA) is 58.3 Å². The van der Waals surface area contributed by atoms with Gasteiger partial charge in [-0.3, -0.25) is 4.79 Å². The Morgan fingerprint density at radius 2 is 2.00 bits per heavy atom. The number of aryl methyl sites for hydroxylation is 1. The summed E-state index contributed by atoms with van der Waals surface area (Å²) >= 11 is 0. The molecule has 142 valence electrons. The molecule has 2 heterocycles. The number of aromatic nitrogens is 1. The van der Waals surface area contributed by atoms with Crippen LogP contribution >= 0.6 is 0 Å². The molecule has 5 heteroatoms. The smallest absolute Gasteiger partial charge is 0.264 e. The lowest BCUT2D eigenvalue weighted by atomic mass is 9.91. The highest BCUT2D eigenvalue weighted by Gasteiger charge is 2.27. The summed E-state index contributed by atoms with van der Waals surface area (Å²) < 4.78 is 7.46. The minimum Gasteiger partial charge on any atom is -0.383 e. The van der Waals surface area contributed by atoms with E-state index in [0.29, 0.717) is 18.4 Å². The highest BCUT2D eigenvalue weighted by atomic mass is 16.5. The van der Waals surface area contributed by atoms with Crippen LogP contribution in [0.15, 0.2) is 11.6 Å². The maximum absolute atomic E-state index is 12.9. The van der Waals surface area contributed by atoms with Gasteiger partial charge >= 0.3 is 0 Å². The first-order valence-corrected chi connectivity index (χ1v) is 9.36. The van der Waals surface area contributed by atoms with Crippen molar-refractivity contribution in [3.05, 3.63) is 28.6 Å². The van der Waals surface area contributed by atoms with Gasteiger partial charge in [0.1, 0.15) is 11.6 Å². The molecule has 2 rings (SSSR count). The van der Waals surface area contributed by atoms with E-state index in [9.17, 15) is 10.1 Å². The normalized spacial score (nSPS) is 22.2. The van der Waals surface area contributed by atoms with Crippen LogP contribution in [0, 0.1) is 37.0 Å². The fraction of sp³-hybridized carbons (Fsp3) is 0.619. The van der Waals surface area contributed by atoms with Gasteiger partial charge in [-0.25, -0.2) is 0 Å². The van der Waals surface area contributed by atoms with Crippen LogP contribution < -0.4 is 0 Å². The van der Waals surface area contributed by atoms with E-state index in [-0.39, 0.29) is 17.5 Å². The second-order valence-electron chi connectivity index (χ2n) is 7.83. The maximum Gasteiger partial charge on any atom is 0.264 e. The molecular formula is C21H31N3O2. The minimum absolute atomic E-state index is 0.152. The van der Waals surface area contributed by atoms with Gasteiger partial charge in [-0.05, 0) is 56.7 Å². The molecule has 1 fully saturated rings. The van der Waals surface area contributed by atoms with Crippen molar-refractivity contribution < 1.29 is 9.53 Å². The van der Waals surface area contributed by atoms with Crippen LogP contribution in [0.1, 0.15) is 50.2 Å². The molecule has 0 bridgehead atoms. The minimum atomic E-state index is -0.152. The third-order valence-corrected chi connectivity index (χ3v) is 5.18. The summed E-state index contributed by atoms with van der Waals surface area (Å²) in [6.07, 6.45) is 2.87. The highest BCUT2D eigenvalue weighted by Crippen LogP contribution is 2.25. The Kier molecular flexibility index (Phi) is 6.66. The molecule has 1 amide bonds. The van der Waals surface area contributed by atoms with E-state index in [1.54, 1.807) is 13.2 Å². The van der Waals surface area contributed by atoms with Crippen molar-refractivity contribution in [3.8, 4) is 6.07 Å². The molecule has 1 aromatic rings. The van der Waals surface area contributed by atoms with E-state index in [0.717, 1.165) is 36.5 Å². The molecule has 0 spiro atoms. The Balaban J connectivity index is 2.30. The molecule has 1 aliphatic heterocycles. The lowest BCUT2D eigenvalue weighted by Crippen LogP contribution is -2.43. The monoisotopic (exact) mass is 357 g/mol. The van der Waals surface area contributed by atoms with Crippen molar-refractivity contribution in [1.29, 1.82) is 5.26 Å². The fourth-order valence-corrected chi connectivity index (χ4v) is 4.24. The van der Waals surface area contributed by atoms with E-state index in [2.05, 4.69) is 31.4 Å². The summed E-state index contributed by atoms with van der Waals surface area (Å²) in [5, 5.41) is 9.59. The van der Waals surface area contributed by atoms with Gasteiger partial charge in [0.15, 0.2) is 0 Å². The number of methoxy groups -OCH3 is 1. The van der Waals surface area contributed by atoms with Crippen LogP contribution in [-0.2, 0) is 9.53 Å². The van der Waals surface area contributed by atoms with E-state index < -0.39 is 0 Å². The van der Waals surface area contributed by atoms with Crippen molar-refractivity contribution in [2.24, 2.45) is 11.8 Å². The first-order valence-electron chi connectivity index (χ1n) is 9.36. The molecule has 1 saturated heterocycles. The third-order valence-electron chi connectivity index (χ3n) is 5.18. The molecule has 26 heavy (non-hydrogen) atoms. The van der Waals surface area contributed by atoms with Crippen molar-refractivity contribution in [1.82, 2.24) is 9.47 Å². The van der Waals surface area contributed by atoms with Crippen LogP contribution in [0.4, 0.5) is 0 Å². The first kappa shape index (κ1) is 20.3. The summed E-state index contributed by atoms with van der Waals surface area (Å²) in [6.45, 7) is 12.6. The van der Waals surface area contributed by atoms with E-state index in [1.165, 1.54) is 0 Å². The van der Waals surface area contributed by atoms with E-state index >= 15 is 0 Å². The van der Waals surface area contributed by atoms with Crippen LogP contribution in [0.3, 0.4) is 0 Å². The number of hydrogen-bond donors (Lipinski definition) is 0. The van der Waals surface area contributed by atoms with Gasteiger partial charge < -0.3 is 14.2 Å². The SMILES string of the molecule is COCC(C)n1c(C)cc(/C=C(\C#N)C(=O)N2CC(C)CC(C)C2)c1C. The molecule has 3 atom stereocenters. The zero-order chi connectivity index (χ0) is 19.4. The van der Waals surface area contributed by atoms with Gasteiger partial charge in [0.25, 0.3) is 5.91 Å². The standard InChI is InChI=1S/C21H31N3O2/c1-14-7-15(2)12-23(11-14)21(25)20(10-22)9-19-8-16(3)24(18(19)5)17(4)13-26-6/h8-9,14-15,17H,7,11-13H2,1-6H3/b20-9+. The molecule has 0 radical (unpaired) electrons. The number of carbonyl (C=O) groups is 1. The highest BCUT2D eigenvalue weighted by molar-refractivity contribution is 6.01. The van der Waals surface area contributed by atoms with Gasteiger partial charge in [-0.15, -0.1) is 0 Å². The van der Waals surface area contributed by atoms with Crippen LogP contribution in [0.2, 0.25) is 0 Å². The van der Waals surface area contributed by atoms with E-state index in [4.69, 9.17) is 4.74 Å². The number of ether oxygens (including phenoxy) is 1. The molecule has 1 aliphatic rings. The van der Waals surface area contributed by atoms with Crippen LogP contribution in [0.25, 0.3) is 6.08 Å². The maximum atomic E-state index is 12.9. The zero-order valence-corrected chi connectivity index (χ0v) is 16.9. The Hall–Kier alpha value is -2.06. The first-order chi connectivity index (χ1) is 12.3. The van der Waals surface area contributed by atoms with E-state index in [1.807, 2.05) is 24.8 Å². The third kappa shape index (κ3) is 4.37. The van der Waals surface area contributed by atoms with Gasteiger partial charge in [0.05, 0.1) is 12.6 Å². The zero-order valence-electron chi connectivity index (χ0n) is 16.9. The molecule has 0 N–H and O–H groups in total. The second kappa shape index (κ2) is 8.55. The Morgan fingerprint density at radius 1 is 1.38 bits per heavy atom. The average molecular weight is 357 g/mol. The average Bonchev–Trinajstić information content (AvgIpc) is 2.85. The van der Waals surface area contributed by atoms with Crippen LogP contribution in [0.5, 0.6) is 0 Å². The largest absolute Gasteiger partial charge is 0.383 e.